The van der Waals surface area contributed by atoms with E-state index in [0.29, 0.717) is 25.5 Å². The SMILES string of the molecule is O=C(CC1CCNC1)NCc1ccccc1OCc1ccccc1. The van der Waals surface area contributed by atoms with Gasteiger partial charge in [-0.1, -0.05) is 48.5 Å². The molecule has 1 atom stereocenters. The first kappa shape index (κ1) is 16.5. The van der Waals surface area contributed by atoms with Gasteiger partial charge in [0.25, 0.3) is 0 Å². The number of carbonyl (C=O) groups is 1. The van der Waals surface area contributed by atoms with Crippen LogP contribution in [0.4, 0.5) is 0 Å². The molecule has 1 amide bonds. The van der Waals surface area contributed by atoms with Crippen molar-refractivity contribution in [2.45, 2.75) is 26.0 Å². The molecule has 2 aromatic carbocycles. The summed E-state index contributed by atoms with van der Waals surface area (Å²) in [6.45, 7) is 3.00. The molecule has 4 heteroatoms. The normalized spacial score (nSPS) is 16.8. The summed E-state index contributed by atoms with van der Waals surface area (Å²) in [6.07, 6.45) is 1.68. The summed E-state index contributed by atoms with van der Waals surface area (Å²) >= 11 is 0. The maximum atomic E-state index is 12.1. The first-order valence-electron chi connectivity index (χ1n) is 8.53. The first-order valence-corrected chi connectivity index (χ1v) is 8.53. The van der Waals surface area contributed by atoms with E-state index in [9.17, 15) is 4.79 Å². The van der Waals surface area contributed by atoms with Crippen LogP contribution in [0.2, 0.25) is 0 Å². The van der Waals surface area contributed by atoms with Crippen LogP contribution in [-0.4, -0.2) is 19.0 Å². The fraction of sp³-hybridized carbons (Fsp3) is 0.350. The molecule has 4 nitrogen and oxygen atoms in total. The van der Waals surface area contributed by atoms with Crippen LogP contribution >= 0.6 is 0 Å². The maximum Gasteiger partial charge on any atom is 0.220 e. The topological polar surface area (TPSA) is 50.4 Å². The molecule has 1 fully saturated rings. The van der Waals surface area contributed by atoms with Gasteiger partial charge in [0, 0.05) is 18.5 Å². The van der Waals surface area contributed by atoms with Crippen molar-refractivity contribution in [2.24, 2.45) is 5.92 Å². The van der Waals surface area contributed by atoms with Crippen LogP contribution in [-0.2, 0) is 17.9 Å². The van der Waals surface area contributed by atoms with Crippen molar-refractivity contribution in [1.82, 2.24) is 10.6 Å². The van der Waals surface area contributed by atoms with Crippen molar-refractivity contribution in [3.63, 3.8) is 0 Å². The van der Waals surface area contributed by atoms with E-state index >= 15 is 0 Å². The molecule has 126 valence electrons. The second-order valence-corrected chi connectivity index (χ2v) is 6.22. The van der Waals surface area contributed by atoms with Gasteiger partial charge in [-0.15, -0.1) is 0 Å². The molecule has 0 saturated carbocycles. The summed E-state index contributed by atoms with van der Waals surface area (Å²) in [7, 11) is 0. The molecule has 1 unspecified atom stereocenters. The van der Waals surface area contributed by atoms with Crippen LogP contribution in [0, 0.1) is 5.92 Å². The van der Waals surface area contributed by atoms with E-state index in [1.165, 1.54) is 0 Å². The Morgan fingerprint density at radius 2 is 1.92 bits per heavy atom. The summed E-state index contributed by atoms with van der Waals surface area (Å²) in [5.41, 5.74) is 2.14. The Balaban J connectivity index is 1.52. The van der Waals surface area contributed by atoms with Crippen molar-refractivity contribution in [2.75, 3.05) is 13.1 Å². The molecule has 0 aliphatic carbocycles. The number of hydrogen-bond donors (Lipinski definition) is 2. The molecule has 1 aliphatic heterocycles. The van der Waals surface area contributed by atoms with E-state index in [4.69, 9.17) is 4.74 Å². The number of benzene rings is 2. The van der Waals surface area contributed by atoms with Crippen LogP contribution in [0.3, 0.4) is 0 Å². The predicted octanol–water partition coefficient (Wildman–Crippen LogP) is 2.88. The molecule has 2 aromatic rings. The first-order chi connectivity index (χ1) is 11.8. The molecule has 2 N–H and O–H groups in total. The van der Waals surface area contributed by atoms with Crippen molar-refractivity contribution in [3.05, 3.63) is 65.7 Å². The smallest absolute Gasteiger partial charge is 0.220 e. The Hall–Kier alpha value is -2.33. The lowest BCUT2D eigenvalue weighted by Crippen LogP contribution is -2.26. The second kappa shape index (κ2) is 8.50. The molecule has 0 aromatic heterocycles. The largest absolute Gasteiger partial charge is 0.489 e. The summed E-state index contributed by atoms with van der Waals surface area (Å²) in [6, 6.07) is 18.0. The monoisotopic (exact) mass is 324 g/mol. The number of carbonyl (C=O) groups excluding carboxylic acids is 1. The van der Waals surface area contributed by atoms with Gasteiger partial charge < -0.3 is 15.4 Å². The number of para-hydroxylation sites is 1. The number of ether oxygens (including phenoxy) is 1. The van der Waals surface area contributed by atoms with E-state index in [0.717, 1.165) is 36.4 Å². The Kier molecular flexibility index (Phi) is 5.85. The van der Waals surface area contributed by atoms with E-state index in [1.54, 1.807) is 0 Å². The van der Waals surface area contributed by atoms with Crippen LogP contribution in [0.15, 0.2) is 54.6 Å². The van der Waals surface area contributed by atoms with Gasteiger partial charge in [0.05, 0.1) is 0 Å². The highest BCUT2D eigenvalue weighted by Crippen LogP contribution is 2.19. The van der Waals surface area contributed by atoms with Gasteiger partial charge in [-0.05, 0) is 37.1 Å². The lowest BCUT2D eigenvalue weighted by atomic mass is 10.0. The standard InChI is InChI=1S/C20H24N2O2/c23-20(12-17-10-11-21-13-17)22-14-18-8-4-5-9-19(18)24-15-16-6-2-1-3-7-16/h1-9,17,21H,10-15H2,(H,22,23). The number of nitrogens with one attached hydrogen (secondary N) is 2. The molecule has 3 rings (SSSR count). The molecule has 0 spiro atoms. The number of rotatable bonds is 7. The number of amides is 1. The summed E-state index contributed by atoms with van der Waals surface area (Å²) in [5.74, 6) is 1.40. The summed E-state index contributed by atoms with van der Waals surface area (Å²) in [4.78, 5) is 12.1. The van der Waals surface area contributed by atoms with Gasteiger partial charge in [0.2, 0.25) is 5.91 Å². The third kappa shape index (κ3) is 4.83. The van der Waals surface area contributed by atoms with Crippen molar-refractivity contribution >= 4 is 5.91 Å². The van der Waals surface area contributed by atoms with Crippen LogP contribution in [0.25, 0.3) is 0 Å². The maximum absolute atomic E-state index is 12.1. The summed E-state index contributed by atoms with van der Waals surface area (Å²) < 4.78 is 5.93. The Bertz CT molecular complexity index is 652. The zero-order chi connectivity index (χ0) is 16.6. The van der Waals surface area contributed by atoms with E-state index < -0.39 is 0 Å². The van der Waals surface area contributed by atoms with Crippen molar-refractivity contribution in [1.29, 1.82) is 0 Å². The van der Waals surface area contributed by atoms with Crippen LogP contribution in [0.1, 0.15) is 24.0 Å². The highest BCUT2D eigenvalue weighted by atomic mass is 16.5. The minimum atomic E-state index is 0.113. The molecular formula is C20H24N2O2. The Morgan fingerprint density at radius 1 is 1.12 bits per heavy atom. The van der Waals surface area contributed by atoms with E-state index in [1.807, 2.05) is 54.6 Å². The molecule has 0 bridgehead atoms. The van der Waals surface area contributed by atoms with Gasteiger partial charge in [0.15, 0.2) is 0 Å². The third-order valence-corrected chi connectivity index (χ3v) is 4.32. The lowest BCUT2D eigenvalue weighted by Gasteiger charge is -2.13. The summed E-state index contributed by atoms with van der Waals surface area (Å²) in [5, 5.41) is 6.31. The van der Waals surface area contributed by atoms with Gasteiger partial charge >= 0.3 is 0 Å². The van der Waals surface area contributed by atoms with Gasteiger partial charge in [0.1, 0.15) is 12.4 Å². The van der Waals surface area contributed by atoms with Gasteiger partial charge in [-0.25, -0.2) is 0 Å². The second-order valence-electron chi connectivity index (χ2n) is 6.22. The molecule has 1 heterocycles. The fourth-order valence-corrected chi connectivity index (χ4v) is 2.94. The molecule has 1 aliphatic rings. The predicted molar refractivity (Wildman–Crippen MR) is 94.7 cm³/mol. The third-order valence-electron chi connectivity index (χ3n) is 4.32. The van der Waals surface area contributed by atoms with Gasteiger partial charge in [-0.2, -0.15) is 0 Å². The minimum absolute atomic E-state index is 0.113. The zero-order valence-corrected chi connectivity index (χ0v) is 13.8. The van der Waals surface area contributed by atoms with Crippen molar-refractivity contribution in [3.8, 4) is 5.75 Å². The lowest BCUT2D eigenvalue weighted by molar-refractivity contribution is -0.122. The molecular weight excluding hydrogens is 300 g/mol. The fourth-order valence-electron chi connectivity index (χ4n) is 2.94. The van der Waals surface area contributed by atoms with Crippen molar-refractivity contribution < 1.29 is 9.53 Å². The highest BCUT2D eigenvalue weighted by molar-refractivity contribution is 5.76. The molecule has 1 saturated heterocycles. The van der Waals surface area contributed by atoms with Crippen LogP contribution in [0.5, 0.6) is 5.75 Å². The van der Waals surface area contributed by atoms with E-state index in [-0.39, 0.29) is 5.91 Å². The Morgan fingerprint density at radius 3 is 2.71 bits per heavy atom. The van der Waals surface area contributed by atoms with Gasteiger partial charge in [-0.3, -0.25) is 4.79 Å². The van der Waals surface area contributed by atoms with E-state index in [2.05, 4.69) is 10.6 Å². The average Bonchev–Trinajstić information content (AvgIpc) is 3.13. The minimum Gasteiger partial charge on any atom is -0.489 e. The molecule has 0 radical (unpaired) electrons. The highest BCUT2D eigenvalue weighted by Gasteiger charge is 2.18. The molecule has 24 heavy (non-hydrogen) atoms. The van der Waals surface area contributed by atoms with Crippen LogP contribution < -0.4 is 15.4 Å². The Labute approximate surface area is 143 Å². The average molecular weight is 324 g/mol. The quantitative estimate of drug-likeness (QED) is 0.823. The number of hydrogen-bond acceptors (Lipinski definition) is 3. The zero-order valence-electron chi connectivity index (χ0n) is 13.8.